The zero-order valence-electron chi connectivity index (χ0n) is 6.86. The van der Waals surface area contributed by atoms with E-state index in [-0.39, 0.29) is 21.2 Å². The molecule has 0 bridgehead atoms. The van der Waals surface area contributed by atoms with E-state index in [1.54, 1.807) is 6.07 Å². The number of halogens is 1. The third-order valence-electron chi connectivity index (χ3n) is 1.55. The first-order chi connectivity index (χ1) is 6.36. The van der Waals surface area contributed by atoms with Gasteiger partial charge in [-0.15, -0.1) is 0 Å². The summed E-state index contributed by atoms with van der Waals surface area (Å²) in [7, 11) is -3.87. The quantitative estimate of drug-likeness (QED) is 0.684. The molecule has 74 valence electrons. The first-order valence-electron chi connectivity index (χ1n) is 3.38. The number of sulfonamides is 1. The maximum absolute atomic E-state index is 10.9. The Morgan fingerprint density at radius 1 is 1.43 bits per heavy atom. The van der Waals surface area contributed by atoms with Crippen molar-refractivity contribution < 1.29 is 8.42 Å². The zero-order chi connectivity index (χ0) is 10.9. The van der Waals surface area contributed by atoms with Crippen molar-refractivity contribution in [1.29, 1.82) is 5.26 Å². The Bertz CT molecular complexity index is 518. The third kappa shape index (κ3) is 1.96. The van der Waals surface area contributed by atoms with Crippen molar-refractivity contribution in [3.63, 3.8) is 0 Å². The molecule has 0 atom stereocenters. The van der Waals surface area contributed by atoms with Crippen LogP contribution in [0, 0.1) is 11.3 Å². The van der Waals surface area contributed by atoms with Crippen LogP contribution in [-0.2, 0) is 10.0 Å². The highest BCUT2D eigenvalue weighted by molar-refractivity contribution is 7.89. The highest BCUT2D eigenvalue weighted by atomic mass is 35.5. The lowest BCUT2D eigenvalue weighted by molar-refractivity contribution is 0.598. The van der Waals surface area contributed by atoms with Gasteiger partial charge in [-0.1, -0.05) is 11.6 Å². The number of rotatable bonds is 1. The average Bonchev–Trinajstić information content (AvgIpc) is 2.07. The molecule has 0 unspecified atom stereocenters. The van der Waals surface area contributed by atoms with Gasteiger partial charge in [0.1, 0.15) is 6.07 Å². The van der Waals surface area contributed by atoms with E-state index < -0.39 is 10.0 Å². The maximum atomic E-state index is 10.9. The first kappa shape index (κ1) is 10.8. The molecule has 0 saturated carbocycles. The lowest BCUT2D eigenvalue weighted by Gasteiger charge is -2.03. The molecule has 4 N–H and O–H groups in total. The summed E-state index contributed by atoms with van der Waals surface area (Å²) in [4.78, 5) is -0.228. The maximum Gasteiger partial charge on any atom is 0.238 e. The molecule has 0 radical (unpaired) electrons. The van der Waals surface area contributed by atoms with Gasteiger partial charge >= 0.3 is 0 Å². The van der Waals surface area contributed by atoms with E-state index in [4.69, 9.17) is 27.7 Å². The fourth-order valence-corrected chi connectivity index (χ4v) is 1.70. The lowest BCUT2D eigenvalue weighted by Crippen LogP contribution is -2.12. The Kier molecular flexibility index (Phi) is 2.66. The average molecular weight is 232 g/mol. The van der Waals surface area contributed by atoms with Crippen molar-refractivity contribution in [1.82, 2.24) is 0 Å². The summed E-state index contributed by atoms with van der Waals surface area (Å²) in [5, 5.41) is 13.5. The molecule has 1 aromatic rings. The molecule has 0 aliphatic carbocycles. The SMILES string of the molecule is N#Cc1cc(S(N)(=O)=O)cc(Cl)c1N. The summed E-state index contributed by atoms with van der Waals surface area (Å²) < 4.78 is 21.9. The Morgan fingerprint density at radius 2 is 2.00 bits per heavy atom. The van der Waals surface area contributed by atoms with Crippen molar-refractivity contribution in [2.45, 2.75) is 4.90 Å². The van der Waals surface area contributed by atoms with E-state index >= 15 is 0 Å². The van der Waals surface area contributed by atoms with Crippen LogP contribution < -0.4 is 10.9 Å². The van der Waals surface area contributed by atoms with Gasteiger partial charge in [0.2, 0.25) is 10.0 Å². The van der Waals surface area contributed by atoms with Crippen LogP contribution in [0.15, 0.2) is 17.0 Å². The van der Waals surface area contributed by atoms with Crippen LogP contribution in [0.25, 0.3) is 0 Å². The lowest BCUT2D eigenvalue weighted by atomic mass is 10.2. The number of benzene rings is 1. The Balaban J connectivity index is 3.56. The second-order valence-corrected chi connectivity index (χ2v) is 4.49. The molecule has 0 amide bonds. The number of nitrogens with zero attached hydrogens (tertiary/aromatic N) is 1. The number of primary sulfonamides is 1. The number of anilines is 1. The van der Waals surface area contributed by atoms with E-state index in [9.17, 15) is 8.42 Å². The second-order valence-electron chi connectivity index (χ2n) is 2.52. The first-order valence-corrected chi connectivity index (χ1v) is 5.30. The molecule has 14 heavy (non-hydrogen) atoms. The fourth-order valence-electron chi connectivity index (χ4n) is 0.850. The van der Waals surface area contributed by atoms with E-state index in [0.29, 0.717) is 0 Å². The molecule has 0 heterocycles. The summed E-state index contributed by atoms with van der Waals surface area (Å²) in [6.45, 7) is 0. The van der Waals surface area contributed by atoms with Gasteiger partial charge in [0.25, 0.3) is 0 Å². The van der Waals surface area contributed by atoms with Crippen LogP contribution in [0.4, 0.5) is 5.69 Å². The highest BCUT2D eigenvalue weighted by Gasteiger charge is 2.13. The predicted octanol–water partition coefficient (Wildman–Crippen LogP) is 0.441. The van der Waals surface area contributed by atoms with Crippen LogP contribution >= 0.6 is 11.6 Å². The molecule has 0 saturated heterocycles. The molecule has 0 spiro atoms. The minimum Gasteiger partial charge on any atom is -0.396 e. The van der Waals surface area contributed by atoms with Crippen molar-refractivity contribution in [2.24, 2.45) is 5.14 Å². The van der Waals surface area contributed by atoms with Gasteiger partial charge in [0, 0.05) is 0 Å². The van der Waals surface area contributed by atoms with E-state index in [0.717, 1.165) is 12.1 Å². The molecule has 5 nitrogen and oxygen atoms in total. The molecular weight excluding hydrogens is 226 g/mol. The van der Waals surface area contributed by atoms with Crippen LogP contribution in [0.2, 0.25) is 5.02 Å². The molecule has 1 aromatic carbocycles. The van der Waals surface area contributed by atoms with E-state index in [1.807, 2.05) is 0 Å². The smallest absolute Gasteiger partial charge is 0.238 e. The normalized spacial score (nSPS) is 10.9. The van der Waals surface area contributed by atoms with Gasteiger partial charge in [-0.3, -0.25) is 0 Å². The van der Waals surface area contributed by atoms with E-state index in [1.165, 1.54) is 0 Å². The van der Waals surface area contributed by atoms with Crippen LogP contribution in [0.1, 0.15) is 5.56 Å². The minimum atomic E-state index is -3.87. The van der Waals surface area contributed by atoms with Crippen LogP contribution in [-0.4, -0.2) is 8.42 Å². The Morgan fingerprint density at radius 3 is 2.43 bits per heavy atom. The summed E-state index contributed by atoms with van der Waals surface area (Å²) in [6.07, 6.45) is 0. The molecule has 0 aliphatic heterocycles. The van der Waals surface area contributed by atoms with Crippen molar-refractivity contribution >= 4 is 27.3 Å². The predicted molar refractivity (Wildman–Crippen MR) is 52.0 cm³/mol. The zero-order valence-corrected chi connectivity index (χ0v) is 8.43. The molecule has 7 heteroatoms. The second kappa shape index (κ2) is 3.46. The van der Waals surface area contributed by atoms with Crippen LogP contribution in [0.3, 0.4) is 0 Å². The summed E-state index contributed by atoms with van der Waals surface area (Å²) in [5.74, 6) is 0. The highest BCUT2D eigenvalue weighted by Crippen LogP contribution is 2.25. The topological polar surface area (TPSA) is 110 Å². The molecule has 0 aromatic heterocycles. The Labute approximate surface area is 85.9 Å². The number of nitrogen functional groups attached to an aromatic ring is 1. The van der Waals surface area contributed by atoms with Crippen molar-refractivity contribution in [3.8, 4) is 6.07 Å². The van der Waals surface area contributed by atoms with Crippen molar-refractivity contribution in [2.75, 3.05) is 5.73 Å². The fraction of sp³-hybridized carbons (Fsp3) is 0. The van der Waals surface area contributed by atoms with Gasteiger partial charge in [0.15, 0.2) is 0 Å². The van der Waals surface area contributed by atoms with Crippen molar-refractivity contribution in [3.05, 3.63) is 22.7 Å². The summed E-state index contributed by atoms with van der Waals surface area (Å²) in [5.41, 5.74) is 5.45. The number of hydrogen-bond acceptors (Lipinski definition) is 4. The molecular formula is C7H6ClN3O2S. The van der Waals surface area contributed by atoms with Gasteiger partial charge in [0.05, 0.1) is 21.2 Å². The summed E-state index contributed by atoms with van der Waals surface area (Å²) >= 11 is 5.61. The molecule has 0 aliphatic rings. The number of hydrogen-bond donors (Lipinski definition) is 2. The standard InChI is InChI=1S/C7H6ClN3O2S/c8-6-2-5(14(11,12)13)1-4(3-9)7(6)10/h1-2H,10H2,(H2,11,12,13). The number of nitrogens with two attached hydrogens (primary N) is 2. The summed E-state index contributed by atoms with van der Waals surface area (Å²) in [6, 6.07) is 3.90. The molecule has 0 fully saturated rings. The third-order valence-corrected chi connectivity index (χ3v) is 2.76. The van der Waals surface area contributed by atoms with Crippen LogP contribution in [0.5, 0.6) is 0 Å². The molecule has 1 rings (SSSR count). The minimum absolute atomic E-state index is 0.00641. The number of nitriles is 1. The van der Waals surface area contributed by atoms with Gasteiger partial charge in [-0.2, -0.15) is 5.26 Å². The monoisotopic (exact) mass is 231 g/mol. The van der Waals surface area contributed by atoms with Gasteiger partial charge in [-0.05, 0) is 12.1 Å². The Hall–Kier alpha value is -1.29. The van der Waals surface area contributed by atoms with Gasteiger partial charge < -0.3 is 5.73 Å². The largest absolute Gasteiger partial charge is 0.396 e. The van der Waals surface area contributed by atoms with E-state index in [2.05, 4.69) is 0 Å². The van der Waals surface area contributed by atoms with Gasteiger partial charge in [-0.25, -0.2) is 13.6 Å².